The van der Waals surface area contributed by atoms with Crippen LogP contribution in [-0.2, 0) is 38.1 Å². The molecule has 11 atom stereocenters. The molecule has 0 aromatic heterocycles. The number of cyclic esters (lactones) is 1. The molecule has 0 bridgehead atoms. The van der Waals surface area contributed by atoms with E-state index in [0.717, 1.165) is 0 Å². The molecule has 2 heterocycles. The van der Waals surface area contributed by atoms with Gasteiger partial charge in [0.05, 0.1) is 29.4 Å². The lowest BCUT2D eigenvalue weighted by atomic mass is 9.76. The first-order valence-corrected chi connectivity index (χ1v) is 17.4. The van der Waals surface area contributed by atoms with Crippen LogP contribution in [0.25, 0.3) is 0 Å². The van der Waals surface area contributed by atoms with Gasteiger partial charge in [0.25, 0.3) is 0 Å². The van der Waals surface area contributed by atoms with Gasteiger partial charge >= 0.3 is 11.9 Å². The normalized spacial score (nSPS) is 37.9. The number of benzene rings is 1. The molecular formula is C38H57NO10. The number of esters is 2. The summed E-state index contributed by atoms with van der Waals surface area (Å²) in [5.74, 6) is -4.82. The number of hydrogen-bond donors (Lipinski definition) is 1. The number of carbonyl (C=O) groups is 4. The summed E-state index contributed by atoms with van der Waals surface area (Å²) < 4.78 is 31.1. The van der Waals surface area contributed by atoms with Crippen molar-refractivity contribution in [1.29, 1.82) is 0 Å². The fourth-order valence-electron chi connectivity index (χ4n) is 7.11. The van der Waals surface area contributed by atoms with Gasteiger partial charge in [0.1, 0.15) is 17.6 Å². The van der Waals surface area contributed by atoms with E-state index in [9.17, 15) is 24.3 Å². The molecule has 1 N–H and O–H groups in total. The van der Waals surface area contributed by atoms with E-state index in [2.05, 4.69) is 0 Å². The van der Waals surface area contributed by atoms with Crippen LogP contribution in [0.1, 0.15) is 91.4 Å². The molecule has 2 aliphatic rings. The summed E-state index contributed by atoms with van der Waals surface area (Å²) in [6, 6.07) is 8.33. The van der Waals surface area contributed by atoms with Crippen molar-refractivity contribution in [1.82, 2.24) is 4.90 Å². The van der Waals surface area contributed by atoms with Crippen LogP contribution in [0.5, 0.6) is 0 Å². The molecule has 3 rings (SSSR count). The predicted octanol–water partition coefficient (Wildman–Crippen LogP) is 4.93. The Morgan fingerprint density at radius 2 is 1.67 bits per heavy atom. The van der Waals surface area contributed by atoms with Gasteiger partial charge in [-0.15, -0.1) is 0 Å². The van der Waals surface area contributed by atoms with Gasteiger partial charge in [0, 0.05) is 18.9 Å². The minimum absolute atomic E-state index is 0.133. The second-order valence-corrected chi connectivity index (χ2v) is 14.4. The van der Waals surface area contributed by atoms with Gasteiger partial charge in [0.2, 0.25) is 0 Å². The van der Waals surface area contributed by atoms with Gasteiger partial charge in [-0.25, -0.2) is 4.79 Å². The van der Waals surface area contributed by atoms with E-state index in [4.69, 9.17) is 23.7 Å². The molecule has 49 heavy (non-hydrogen) atoms. The van der Waals surface area contributed by atoms with Crippen LogP contribution in [-0.4, -0.2) is 103 Å². The van der Waals surface area contributed by atoms with E-state index < -0.39 is 71.3 Å². The molecule has 0 amide bonds. The monoisotopic (exact) mass is 687 g/mol. The van der Waals surface area contributed by atoms with Crippen molar-refractivity contribution in [3.63, 3.8) is 0 Å². The number of Topliss-reactive ketones (excluding diaryl/α,β-unsaturated/α-hetero) is 2. The highest BCUT2D eigenvalue weighted by Crippen LogP contribution is 2.38. The van der Waals surface area contributed by atoms with Crippen molar-refractivity contribution < 1.29 is 48.0 Å². The van der Waals surface area contributed by atoms with Crippen LogP contribution >= 0.6 is 0 Å². The number of likely N-dealkylation sites (N-methyl/N-ethyl adjacent to an activating group) is 1. The second kappa shape index (κ2) is 16.8. The maximum Gasteiger partial charge on any atom is 0.338 e. The molecule has 0 radical (unpaired) electrons. The van der Waals surface area contributed by atoms with Crippen molar-refractivity contribution in [2.24, 2.45) is 17.8 Å². The van der Waals surface area contributed by atoms with E-state index in [1.807, 2.05) is 32.8 Å². The third-order valence-electron chi connectivity index (χ3n) is 10.1. The minimum atomic E-state index is -1.65. The van der Waals surface area contributed by atoms with Crippen LogP contribution in [0.4, 0.5) is 0 Å². The van der Waals surface area contributed by atoms with Gasteiger partial charge in [0.15, 0.2) is 24.0 Å². The average molecular weight is 688 g/mol. The average Bonchev–Trinajstić information content (AvgIpc) is 3.07. The first kappa shape index (κ1) is 40.5. The molecule has 0 spiro atoms. The number of rotatable bonds is 8. The molecule has 1 aromatic rings. The van der Waals surface area contributed by atoms with Crippen LogP contribution in [0.15, 0.2) is 42.0 Å². The van der Waals surface area contributed by atoms with Gasteiger partial charge < -0.3 is 33.7 Å². The smallest absolute Gasteiger partial charge is 0.338 e. The lowest BCUT2D eigenvalue weighted by molar-refractivity contribution is -0.294. The lowest BCUT2D eigenvalue weighted by Gasteiger charge is -2.47. The number of methoxy groups -OCH3 is 1. The van der Waals surface area contributed by atoms with E-state index in [0.29, 0.717) is 24.0 Å². The Balaban J connectivity index is 2.14. The fraction of sp³-hybridized carbons (Fsp3) is 0.684. The summed E-state index contributed by atoms with van der Waals surface area (Å²) >= 11 is 0. The number of carbonyl (C=O) groups excluding carboxylic acids is 4. The molecule has 11 heteroatoms. The highest BCUT2D eigenvalue weighted by Gasteiger charge is 2.51. The fourth-order valence-corrected chi connectivity index (χ4v) is 7.11. The Labute approximate surface area is 291 Å². The summed E-state index contributed by atoms with van der Waals surface area (Å²) in [4.78, 5) is 56.9. The number of hydrogen-bond acceptors (Lipinski definition) is 11. The molecular weight excluding hydrogens is 630 g/mol. The van der Waals surface area contributed by atoms with Crippen molar-refractivity contribution in [3.8, 4) is 0 Å². The molecule has 1 aromatic carbocycles. The third-order valence-corrected chi connectivity index (χ3v) is 10.1. The van der Waals surface area contributed by atoms with Crippen LogP contribution < -0.4 is 0 Å². The van der Waals surface area contributed by atoms with Crippen LogP contribution in [0.3, 0.4) is 0 Å². The number of nitrogens with zero attached hydrogens (tertiary/aromatic N) is 1. The summed E-state index contributed by atoms with van der Waals surface area (Å²) in [6.45, 7) is 13.6. The zero-order valence-electron chi connectivity index (χ0n) is 31.1. The zero-order valence-corrected chi connectivity index (χ0v) is 31.1. The van der Waals surface area contributed by atoms with Gasteiger partial charge in [-0.05, 0) is 91.3 Å². The summed E-state index contributed by atoms with van der Waals surface area (Å²) in [7, 11) is 5.26. The Hall–Kier alpha value is -2.96. The largest absolute Gasteiger partial charge is 0.458 e. The quantitative estimate of drug-likeness (QED) is 0.294. The third kappa shape index (κ3) is 9.43. The topological polar surface area (TPSA) is 138 Å². The summed E-state index contributed by atoms with van der Waals surface area (Å²) in [5.41, 5.74) is -2.16. The number of allylic oxidation sites excluding steroid dienone is 1. The minimum Gasteiger partial charge on any atom is -0.458 e. The first-order chi connectivity index (χ1) is 22.9. The van der Waals surface area contributed by atoms with Crippen LogP contribution in [0.2, 0.25) is 0 Å². The van der Waals surface area contributed by atoms with E-state index >= 15 is 0 Å². The number of ether oxygens (including phenoxy) is 5. The highest BCUT2D eigenvalue weighted by molar-refractivity contribution is 6.00. The Bertz CT molecular complexity index is 1340. The standard InChI is InChI=1S/C38H57NO10/c1-12-26-21-37(7,44)29(13-2)47-34(42)25(6)31(41)24(5)33(38(8,45-11)20-22(3)30(26)40)49-36-32(28(39(9)10)19-23(4)46-36)48-35(43)27-17-15-14-16-18-27/h14-18,21-25,28-29,32-33,36,44H,12-13,19-20H2,1-11H3/b26-21-/t22-,23-,24+,25-,28+,29-,32-,33-,36?,37+,38-/m1/s1. The number of ketones is 2. The Kier molecular flexibility index (Phi) is 13.9. The summed E-state index contributed by atoms with van der Waals surface area (Å²) in [5, 5.41) is 11.4. The molecule has 1 fully saturated rings. The molecule has 2 aliphatic heterocycles. The van der Waals surface area contributed by atoms with Gasteiger partial charge in [-0.2, -0.15) is 0 Å². The van der Waals surface area contributed by atoms with Crippen molar-refractivity contribution in [3.05, 3.63) is 47.5 Å². The van der Waals surface area contributed by atoms with Crippen molar-refractivity contribution >= 4 is 23.5 Å². The molecule has 11 nitrogen and oxygen atoms in total. The maximum absolute atomic E-state index is 14.2. The zero-order chi connectivity index (χ0) is 36.8. The highest BCUT2D eigenvalue weighted by atomic mass is 16.7. The molecule has 0 saturated carbocycles. The first-order valence-electron chi connectivity index (χ1n) is 17.4. The van der Waals surface area contributed by atoms with Gasteiger partial charge in [-0.3, -0.25) is 14.4 Å². The van der Waals surface area contributed by atoms with Crippen molar-refractivity contribution in [2.75, 3.05) is 21.2 Å². The van der Waals surface area contributed by atoms with Crippen LogP contribution in [0, 0.1) is 17.8 Å². The Morgan fingerprint density at radius 1 is 1.04 bits per heavy atom. The predicted molar refractivity (Wildman–Crippen MR) is 184 cm³/mol. The SMILES string of the molecule is CC/C1=C/[C@](C)(O)[C@@H](CC)OC(=O)[C@H](C)C(=O)[C@H](C)[C@@H](OC2O[C@H](C)C[C@H](N(C)C)[C@H]2OC(=O)c2ccccc2)[C@](C)(OC)C[C@@H](C)C1=O. The van der Waals surface area contributed by atoms with E-state index in [1.165, 1.54) is 27.0 Å². The van der Waals surface area contributed by atoms with E-state index in [-0.39, 0.29) is 30.8 Å². The number of aliphatic hydroxyl groups is 1. The Morgan fingerprint density at radius 3 is 2.22 bits per heavy atom. The molecule has 1 saturated heterocycles. The second-order valence-electron chi connectivity index (χ2n) is 14.4. The maximum atomic E-state index is 14.2. The molecule has 1 unspecified atom stereocenters. The lowest BCUT2D eigenvalue weighted by Crippen LogP contribution is -2.60. The molecule has 274 valence electrons. The van der Waals surface area contributed by atoms with E-state index in [1.54, 1.807) is 58.0 Å². The van der Waals surface area contributed by atoms with Crippen molar-refractivity contribution in [2.45, 2.75) is 129 Å². The van der Waals surface area contributed by atoms with Gasteiger partial charge in [-0.1, -0.05) is 45.9 Å². The summed E-state index contributed by atoms with van der Waals surface area (Å²) in [6.07, 6.45) is -1.64. The molecule has 0 aliphatic carbocycles.